The van der Waals surface area contributed by atoms with Gasteiger partial charge in [-0.3, -0.25) is 19.3 Å². The normalized spacial score (nSPS) is 24.3. The molecule has 2 aliphatic heterocycles. The van der Waals surface area contributed by atoms with Gasteiger partial charge in [0.05, 0.1) is 18.4 Å². The molecule has 21 heavy (non-hydrogen) atoms. The number of aromatic nitrogens is 2. The highest BCUT2D eigenvalue weighted by molar-refractivity contribution is 5.91. The predicted molar refractivity (Wildman–Crippen MR) is 82.1 cm³/mol. The van der Waals surface area contributed by atoms with Gasteiger partial charge in [-0.2, -0.15) is 5.10 Å². The molecule has 6 nitrogen and oxygen atoms in total. The molecule has 0 unspecified atom stereocenters. The van der Waals surface area contributed by atoms with Gasteiger partial charge in [-0.25, -0.2) is 0 Å². The maximum atomic E-state index is 12.1. The van der Waals surface area contributed by atoms with Crippen molar-refractivity contribution in [3.63, 3.8) is 0 Å². The molecule has 1 atom stereocenters. The molecule has 3 heterocycles. The molecule has 0 saturated carbocycles. The number of hydrogen-bond donors (Lipinski definition) is 1. The highest BCUT2D eigenvalue weighted by atomic mass is 16.2. The van der Waals surface area contributed by atoms with Crippen molar-refractivity contribution in [3.8, 4) is 0 Å². The van der Waals surface area contributed by atoms with E-state index >= 15 is 0 Å². The Morgan fingerprint density at radius 3 is 2.86 bits per heavy atom. The second kappa shape index (κ2) is 6.58. The molecule has 0 radical (unpaired) electrons. The maximum absolute atomic E-state index is 12.1. The van der Waals surface area contributed by atoms with Crippen LogP contribution in [0.5, 0.6) is 0 Å². The first-order chi connectivity index (χ1) is 10.2. The second-order valence-electron chi connectivity index (χ2n) is 6.23. The number of piperidine rings is 1. The SMILES string of the molecule is Cn1cc(NC(=O)CN2CCC[C@H](N3CCCC3)C2)cn1. The second-order valence-corrected chi connectivity index (χ2v) is 6.23. The number of rotatable bonds is 4. The molecule has 1 amide bonds. The van der Waals surface area contributed by atoms with Gasteiger partial charge >= 0.3 is 0 Å². The van der Waals surface area contributed by atoms with Gasteiger partial charge in [0.25, 0.3) is 0 Å². The van der Waals surface area contributed by atoms with Gasteiger partial charge in [-0.1, -0.05) is 0 Å². The zero-order valence-electron chi connectivity index (χ0n) is 12.8. The number of anilines is 1. The van der Waals surface area contributed by atoms with E-state index in [-0.39, 0.29) is 5.91 Å². The minimum absolute atomic E-state index is 0.0603. The molecule has 2 aliphatic rings. The summed E-state index contributed by atoms with van der Waals surface area (Å²) in [5.41, 5.74) is 0.774. The van der Waals surface area contributed by atoms with Crippen LogP contribution in [0.1, 0.15) is 25.7 Å². The zero-order chi connectivity index (χ0) is 14.7. The van der Waals surface area contributed by atoms with Crippen LogP contribution < -0.4 is 5.32 Å². The topological polar surface area (TPSA) is 53.4 Å². The standard InChI is InChI=1S/C15H25N5O/c1-18-10-13(9-16-18)17-15(21)12-19-6-4-5-14(11-19)20-7-2-3-8-20/h9-10,14H,2-8,11-12H2,1H3,(H,17,21)/t14-/m0/s1. The Bertz CT molecular complexity index is 480. The molecule has 3 rings (SSSR count). The fourth-order valence-corrected chi connectivity index (χ4v) is 3.47. The summed E-state index contributed by atoms with van der Waals surface area (Å²) < 4.78 is 1.69. The predicted octanol–water partition coefficient (Wildman–Crippen LogP) is 0.919. The maximum Gasteiger partial charge on any atom is 0.238 e. The first kappa shape index (κ1) is 14.5. The van der Waals surface area contributed by atoms with Crippen LogP contribution in [-0.2, 0) is 11.8 Å². The van der Waals surface area contributed by atoms with Crippen molar-refractivity contribution < 1.29 is 4.79 Å². The molecule has 116 valence electrons. The Labute approximate surface area is 126 Å². The lowest BCUT2D eigenvalue weighted by molar-refractivity contribution is -0.117. The average Bonchev–Trinajstić information content (AvgIpc) is 3.11. The number of aryl methyl sites for hydroxylation is 1. The van der Waals surface area contributed by atoms with Crippen molar-refractivity contribution in [1.82, 2.24) is 19.6 Å². The number of amides is 1. The van der Waals surface area contributed by atoms with E-state index in [4.69, 9.17) is 0 Å². The Hall–Kier alpha value is -1.40. The molecule has 0 aliphatic carbocycles. The van der Waals surface area contributed by atoms with Crippen molar-refractivity contribution in [2.24, 2.45) is 7.05 Å². The quantitative estimate of drug-likeness (QED) is 0.896. The van der Waals surface area contributed by atoms with E-state index < -0.39 is 0 Å². The molecule has 1 N–H and O–H groups in total. The summed E-state index contributed by atoms with van der Waals surface area (Å²) in [6.45, 7) is 5.02. The van der Waals surface area contributed by atoms with Crippen LogP contribution in [0, 0.1) is 0 Å². The lowest BCUT2D eigenvalue weighted by Crippen LogP contribution is -2.48. The molecule has 2 fully saturated rings. The molecule has 0 spiro atoms. The van der Waals surface area contributed by atoms with Gasteiger partial charge in [-0.05, 0) is 45.3 Å². The lowest BCUT2D eigenvalue weighted by atomic mass is 10.0. The van der Waals surface area contributed by atoms with Gasteiger partial charge in [0.2, 0.25) is 5.91 Å². The Morgan fingerprint density at radius 2 is 2.14 bits per heavy atom. The van der Waals surface area contributed by atoms with Crippen LogP contribution in [0.4, 0.5) is 5.69 Å². The van der Waals surface area contributed by atoms with E-state index in [2.05, 4.69) is 20.2 Å². The lowest BCUT2D eigenvalue weighted by Gasteiger charge is -2.37. The van der Waals surface area contributed by atoms with Gasteiger partial charge in [0, 0.05) is 25.8 Å². The number of nitrogens with one attached hydrogen (secondary N) is 1. The Balaban J connectivity index is 1.48. The van der Waals surface area contributed by atoms with E-state index in [1.807, 2.05) is 13.2 Å². The summed E-state index contributed by atoms with van der Waals surface area (Å²) in [7, 11) is 1.85. The van der Waals surface area contributed by atoms with E-state index in [9.17, 15) is 4.79 Å². The molecular weight excluding hydrogens is 266 g/mol. The Kier molecular flexibility index (Phi) is 4.55. The van der Waals surface area contributed by atoms with Gasteiger partial charge < -0.3 is 5.32 Å². The van der Waals surface area contributed by atoms with Crippen LogP contribution in [0.3, 0.4) is 0 Å². The molecule has 2 saturated heterocycles. The summed E-state index contributed by atoms with van der Waals surface area (Å²) in [6.07, 6.45) is 8.64. The number of hydrogen-bond acceptors (Lipinski definition) is 4. The van der Waals surface area contributed by atoms with Crippen molar-refractivity contribution in [2.75, 3.05) is 38.0 Å². The van der Waals surface area contributed by atoms with Crippen molar-refractivity contribution in [2.45, 2.75) is 31.7 Å². The molecule has 6 heteroatoms. The number of nitrogens with zero attached hydrogens (tertiary/aromatic N) is 4. The molecule has 0 aromatic carbocycles. The number of carbonyl (C=O) groups excluding carboxylic acids is 1. The van der Waals surface area contributed by atoms with E-state index in [1.165, 1.54) is 38.8 Å². The first-order valence-corrected chi connectivity index (χ1v) is 7.95. The summed E-state index contributed by atoms with van der Waals surface area (Å²) in [6, 6.07) is 0.646. The number of carbonyl (C=O) groups is 1. The van der Waals surface area contributed by atoms with E-state index in [1.54, 1.807) is 10.9 Å². The summed E-state index contributed by atoms with van der Waals surface area (Å²) in [5, 5.41) is 6.98. The molecule has 1 aromatic rings. The highest BCUT2D eigenvalue weighted by Crippen LogP contribution is 2.20. The Morgan fingerprint density at radius 1 is 1.33 bits per heavy atom. The minimum atomic E-state index is 0.0603. The fraction of sp³-hybridized carbons (Fsp3) is 0.733. The minimum Gasteiger partial charge on any atom is -0.322 e. The number of likely N-dealkylation sites (tertiary alicyclic amines) is 2. The third kappa shape index (κ3) is 3.83. The largest absolute Gasteiger partial charge is 0.322 e. The van der Waals surface area contributed by atoms with Crippen molar-refractivity contribution in [1.29, 1.82) is 0 Å². The third-order valence-electron chi connectivity index (χ3n) is 4.49. The highest BCUT2D eigenvalue weighted by Gasteiger charge is 2.27. The monoisotopic (exact) mass is 291 g/mol. The fourth-order valence-electron chi connectivity index (χ4n) is 3.47. The summed E-state index contributed by atoms with van der Waals surface area (Å²) in [5.74, 6) is 0.0603. The molecule has 1 aromatic heterocycles. The first-order valence-electron chi connectivity index (χ1n) is 7.95. The summed E-state index contributed by atoms with van der Waals surface area (Å²) in [4.78, 5) is 17.0. The zero-order valence-corrected chi connectivity index (χ0v) is 12.8. The van der Waals surface area contributed by atoms with Crippen molar-refractivity contribution in [3.05, 3.63) is 12.4 Å². The van der Waals surface area contributed by atoms with Gasteiger partial charge in [0.15, 0.2) is 0 Å². The smallest absolute Gasteiger partial charge is 0.238 e. The van der Waals surface area contributed by atoms with Crippen LogP contribution in [-0.4, -0.2) is 64.3 Å². The van der Waals surface area contributed by atoms with Crippen LogP contribution in [0.15, 0.2) is 12.4 Å². The molecule has 0 bridgehead atoms. The van der Waals surface area contributed by atoms with E-state index in [0.29, 0.717) is 12.6 Å². The van der Waals surface area contributed by atoms with Crippen molar-refractivity contribution >= 4 is 11.6 Å². The molecular formula is C15H25N5O. The third-order valence-corrected chi connectivity index (χ3v) is 4.49. The average molecular weight is 291 g/mol. The van der Waals surface area contributed by atoms with Crippen LogP contribution >= 0.6 is 0 Å². The van der Waals surface area contributed by atoms with E-state index in [0.717, 1.165) is 18.8 Å². The summed E-state index contributed by atoms with van der Waals surface area (Å²) >= 11 is 0. The van der Waals surface area contributed by atoms with Gasteiger partial charge in [0.1, 0.15) is 0 Å². The van der Waals surface area contributed by atoms with Gasteiger partial charge in [-0.15, -0.1) is 0 Å². The van der Waals surface area contributed by atoms with Crippen LogP contribution in [0.2, 0.25) is 0 Å². The van der Waals surface area contributed by atoms with Crippen LogP contribution in [0.25, 0.3) is 0 Å².